The summed E-state index contributed by atoms with van der Waals surface area (Å²) >= 11 is 0. The lowest BCUT2D eigenvalue weighted by Gasteiger charge is -2.41. The van der Waals surface area contributed by atoms with E-state index in [0.717, 1.165) is 31.9 Å². The first-order valence-corrected chi connectivity index (χ1v) is 8.68. The van der Waals surface area contributed by atoms with Gasteiger partial charge in [0.1, 0.15) is 6.17 Å². The van der Waals surface area contributed by atoms with Crippen LogP contribution in [-0.4, -0.2) is 48.1 Å². The normalized spacial score (nSPS) is 21.0. The number of rotatable bonds is 4. The van der Waals surface area contributed by atoms with Gasteiger partial charge < -0.3 is 5.32 Å². The molecule has 1 aromatic carbocycles. The fourth-order valence-electron chi connectivity index (χ4n) is 3.62. The first-order chi connectivity index (χ1) is 10.8. The summed E-state index contributed by atoms with van der Waals surface area (Å²) in [6, 6.07) is 9.82. The lowest BCUT2D eigenvalue weighted by atomic mass is 10.1. The van der Waals surface area contributed by atoms with Crippen molar-refractivity contribution >= 4 is 11.6 Å². The molecule has 4 nitrogen and oxygen atoms in total. The van der Waals surface area contributed by atoms with Crippen molar-refractivity contribution in [3.05, 3.63) is 30.3 Å². The molecule has 2 heterocycles. The number of amides is 1. The topological polar surface area (TPSA) is 35.6 Å². The molecule has 0 saturated carbocycles. The van der Waals surface area contributed by atoms with E-state index in [1.807, 2.05) is 30.3 Å². The van der Waals surface area contributed by atoms with Crippen molar-refractivity contribution in [1.29, 1.82) is 0 Å². The van der Waals surface area contributed by atoms with Gasteiger partial charge in [-0.15, -0.1) is 0 Å². The van der Waals surface area contributed by atoms with E-state index in [1.54, 1.807) is 0 Å². The number of hydrogen-bond acceptors (Lipinski definition) is 3. The molecule has 2 aliphatic heterocycles. The smallest absolute Gasteiger partial charge is 0.256 e. The standard InChI is InChI=1S/C18H27N3O/c22-17(19-16-10-4-1-5-11-16)18(20-12-6-2-7-13-20)21-14-8-3-9-15-21/h1,4-5,10-11,18H,2-3,6-9,12-15H2,(H,19,22). The van der Waals surface area contributed by atoms with Crippen molar-refractivity contribution in [2.45, 2.75) is 44.7 Å². The van der Waals surface area contributed by atoms with Gasteiger partial charge in [-0.1, -0.05) is 31.0 Å². The van der Waals surface area contributed by atoms with Gasteiger partial charge in [-0.05, 0) is 37.8 Å². The first-order valence-electron chi connectivity index (χ1n) is 8.68. The molecule has 2 saturated heterocycles. The van der Waals surface area contributed by atoms with Crippen LogP contribution in [0.2, 0.25) is 0 Å². The molecule has 1 amide bonds. The highest BCUT2D eigenvalue weighted by Gasteiger charge is 2.33. The molecule has 0 aliphatic carbocycles. The fourth-order valence-corrected chi connectivity index (χ4v) is 3.62. The molecule has 22 heavy (non-hydrogen) atoms. The van der Waals surface area contributed by atoms with Gasteiger partial charge in [-0.25, -0.2) is 0 Å². The molecule has 4 heteroatoms. The van der Waals surface area contributed by atoms with Gasteiger partial charge in [0.2, 0.25) is 0 Å². The Balaban J connectivity index is 1.72. The Kier molecular flexibility index (Phi) is 5.46. The van der Waals surface area contributed by atoms with E-state index >= 15 is 0 Å². The number of benzene rings is 1. The zero-order valence-electron chi connectivity index (χ0n) is 13.3. The number of nitrogens with one attached hydrogen (secondary N) is 1. The summed E-state index contributed by atoms with van der Waals surface area (Å²) in [6.45, 7) is 4.18. The van der Waals surface area contributed by atoms with E-state index < -0.39 is 0 Å². The quantitative estimate of drug-likeness (QED) is 0.929. The minimum atomic E-state index is -0.0965. The highest BCUT2D eigenvalue weighted by Crippen LogP contribution is 2.20. The van der Waals surface area contributed by atoms with Crippen molar-refractivity contribution in [3.8, 4) is 0 Å². The summed E-state index contributed by atoms with van der Waals surface area (Å²) in [4.78, 5) is 17.7. The second kappa shape index (κ2) is 7.75. The third kappa shape index (κ3) is 3.87. The SMILES string of the molecule is O=C(Nc1ccccc1)C(N1CCCCC1)N1CCCCC1. The van der Waals surface area contributed by atoms with Crippen LogP contribution >= 0.6 is 0 Å². The zero-order valence-corrected chi connectivity index (χ0v) is 13.3. The predicted octanol–water partition coefficient (Wildman–Crippen LogP) is 2.92. The molecule has 0 aromatic heterocycles. The highest BCUT2D eigenvalue weighted by atomic mass is 16.2. The molecule has 0 unspecified atom stereocenters. The Morgan fingerprint density at radius 3 is 1.82 bits per heavy atom. The van der Waals surface area contributed by atoms with Gasteiger partial charge >= 0.3 is 0 Å². The van der Waals surface area contributed by atoms with Gasteiger partial charge in [-0.2, -0.15) is 0 Å². The maximum Gasteiger partial charge on any atom is 0.256 e. The monoisotopic (exact) mass is 301 g/mol. The van der Waals surface area contributed by atoms with Crippen LogP contribution in [0.4, 0.5) is 5.69 Å². The molecule has 1 N–H and O–H groups in total. The largest absolute Gasteiger partial charge is 0.324 e. The average molecular weight is 301 g/mol. The van der Waals surface area contributed by atoms with Gasteiger partial charge in [0.25, 0.3) is 5.91 Å². The number of piperidine rings is 2. The molecule has 0 atom stereocenters. The summed E-state index contributed by atoms with van der Waals surface area (Å²) in [5.74, 6) is 0.134. The maximum atomic E-state index is 12.9. The van der Waals surface area contributed by atoms with Gasteiger partial charge in [0.05, 0.1) is 0 Å². The van der Waals surface area contributed by atoms with Crippen LogP contribution in [0.1, 0.15) is 38.5 Å². The highest BCUT2D eigenvalue weighted by molar-refractivity contribution is 5.94. The molecular formula is C18H27N3O. The van der Waals surface area contributed by atoms with E-state index in [0.29, 0.717) is 0 Å². The molecule has 1 aromatic rings. The fraction of sp³-hybridized carbons (Fsp3) is 0.611. The number of anilines is 1. The van der Waals surface area contributed by atoms with Crippen molar-refractivity contribution in [2.24, 2.45) is 0 Å². The molecule has 0 radical (unpaired) electrons. The van der Waals surface area contributed by atoms with Gasteiger partial charge in [0.15, 0.2) is 0 Å². The maximum absolute atomic E-state index is 12.9. The Bertz CT molecular complexity index is 446. The number of para-hydroxylation sites is 1. The van der Waals surface area contributed by atoms with Crippen LogP contribution in [0.3, 0.4) is 0 Å². The Morgan fingerprint density at radius 2 is 1.32 bits per heavy atom. The first kappa shape index (κ1) is 15.5. The average Bonchev–Trinajstić information content (AvgIpc) is 2.58. The van der Waals surface area contributed by atoms with E-state index in [2.05, 4.69) is 15.1 Å². The van der Waals surface area contributed by atoms with Crippen molar-refractivity contribution in [1.82, 2.24) is 9.80 Å². The van der Waals surface area contributed by atoms with Crippen molar-refractivity contribution in [3.63, 3.8) is 0 Å². The molecule has 2 fully saturated rings. The van der Waals surface area contributed by atoms with Crippen LogP contribution in [0.5, 0.6) is 0 Å². The van der Waals surface area contributed by atoms with Crippen LogP contribution < -0.4 is 5.32 Å². The number of carbonyl (C=O) groups excluding carboxylic acids is 1. The molecule has 0 spiro atoms. The number of nitrogens with zero attached hydrogens (tertiary/aromatic N) is 2. The number of likely N-dealkylation sites (tertiary alicyclic amines) is 2. The van der Waals surface area contributed by atoms with Gasteiger partial charge in [0, 0.05) is 31.9 Å². The summed E-state index contributed by atoms with van der Waals surface area (Å²) in [5, 5.41) is 3.11. The third-order valence-corrected chi connectivity index (χ3v) is 4.75. The minimum Gasteiger partial charge on any atom is -0.324 e. The van der Waals surface area contributed by atoms with E-state index in [-0.39, 0.29) is 12.1 Å². The molecule has 3 rings (SSSR count). The van der Waals surface area contributed by atoms with Crippen LogP contribution in [-0.2, 0) is 4.79 Å². The predicted molar refractivity (Wildman–Crippen MR) is 89.7 cm³/mol. The second-order valence-electron chi connectivity index (χ2n) is 6.42. The third-order valence-electron chi connectivity index (χ3n) is 4.75. The van der Waals surface area contributed by atoms with Gasteiger partial charge in [-0.3, -0.25) is 14.6 Å². The lowest BCUT2D eigenvalue weighted by molar-refractivity contribution is -0.129. The van der Waals surface area contributed by atoms with Crippen LogP contribution in [0.25, 0.3) is 0 Å². The molecule has 120 valence electrons. The summed E-state index contributed by atoms with van der Waals surface area (Å²) < 4.78 is 0. The van der Waals surface area contributed by atoms with E-state index in [1.165, 1.54) is 38.5 Å². The summed E-state index contributed by atoms with van der Waals surface area (Å²) in [5.41, 5.74) is 0.895. The Labute approximate surface area is 133 Å². The van der Waals surface area contributed by atoms with Crippen molar-refractivity contribution < 1.29 is 4.79 Å². The molecule has 0 bridgehead atoms. The Hall–Kier alpha value is -1.39. The molecular weight excluding hydrogens is 274 g/mol. The number of carbonyl (C=O) groups is 1. The lowest BCUT2D eigenvalue weighted by Crippen LogP contribution is -2.57. The second-order valence-corrected chi connectivity index (χ2v) is 6.42. The Morgan fingerprint density at radius 1 is 0.818 bits per heavy atom. The van der Waals surface area contributed by atoms with Crippen LogP contribution in [0.15, 0.2) is 30.3 Å². The van der Waals surface area contributed by atoms with Crippen LogP contribution in [0, 0.1) is 0 Å². The van der Waals surface area contributed by atoms with Crippen molar-refractivity contribution in [2.75, 3.05) is 31.5 Å². The van der Waals surface area contributed by atoms with E-state index in [9.17, 15) is 4.79 Å². The summed E-state index contributed by atoms with van der Waals surface area (Å²) in [7, 11) is 0. The summed E-state index contributed by atoms with van der Waals surface area (Å²) in [6.07, 6.45) is 7.34. The zero-order chi connectivity index (χ0) is 15.2. The number of hydrogen-bond donors (Lipinski definition) is 1. The minimum absolute atomic E-state index is 0.0965. The molecule has 2 aliphatic rings. The van der Waals surface area contributed by atoms with E-state index in [4.69, 9.17) is 0 Å².